The standard InChI is InChI=1S/C16H27NO2/c1-4-13(16(18)19-3)7-8-17(2)11-15-10-12-5-6-14(15)9-12/h7,12,14-15H,4-6,8-11H2,1-3H3. The van der Waals surface area contributed by atoms with Gasteiger partial charge < -0.3 is 9.64 Å². The van der Waals surface area contributed by atoms with Crippen LogP contribution >= 0.6 is 0 Å². The molecule has 2 fully saturated rings. The molecule has 2 aliphatic carbocycles. The molecule has 0 aromatic rings. The molecule has 108 valence electrons. The highest BCUT2D eigenvalue weighted by atomic mass is 16.5. The topological polar surface area (TPSA) is 29.5 Å². The number of rotatable bonds is 6. The number of carbonyl (C=O) groups is 1. The molecule has 0 aromatic heterocycles. The van der Waals surface area contributed by atoms with Gasteiger partial charge in [0.05, 0.1) is 7.11 Å². The lowest BCUT2D eigenvalue weighted by Crippen LogP contribution is -2.29. The van der Waals surface area contributed by atoms with Crippen LogP contribution in [0.25, 0.3) is 0 Å². The molecule has 3 atom stereocenters. The summed E-state index contributed by atoms with van der Waals surface area (Å²) in [5.74, 6) is 2.69. The molecule has 0 spiro atoms. The molecule has 19 heavy (non-hydrogen) atoms. The van der Waals surface area contributed by atoms with E-state index < -0.39 is 0 Å². The summed E-state index contributed by atoms with van der Waals surface area (Å²) in [4.78, 5) is 13.8. The Morgan fingerprint density at radius 2 is 2.16 bits per heavy atom. The van der Waals surface area contributed by atoms with Crippen molar-refractivity contribution in [3.8, 4) is 0 Å². The normalized spacial score (nSPS) is 30.1. The second-order valence-corrected chi connectivity index (χ2v) is 6.23. The first-order valence-corrected chi connectivity index (χ1v) is 7.59. The third kappa shape index (κ3) is 3.59. The molecule has 2 bridgehead atoms. The number of methoxy groups -OCH3 is 1. The number of fused-ring (bicyclic) bond motifs is 2. The van der Waals surface area contributed by atoms with Gasteiger partial charge in [0, 0.05) is 18.7 Å². The Morgan fingerprint density at radius 1 is 1.37 bits per heavy atom. The van der Waals surface area contributed by atoms with Crippen molar-refractivity contribution >= 4 is 5.97 Å². The first kappa shape index (κ1) is 14.6. The summed E-state index contributed by atoms with van der Waals surface area (Å²) in [6.45, 7) is 4.03. The van der Waals surface area contributed by atoms with E-state index in [1.54, 1.807) is 0 Å². The second-order valence-electron chi connectivity index (χ2n) is 6.23. The fourth-order valence-electron chi connectivity index (χ4n) is 3.84. The fourth-order valence-corrected chi connectivity index (χ4v) is 3.84. The summed E-state index contributed by atoms with van der Waals surface area (Å²) in [7, 11) is 3.61. The Labute approximate surface area is 117 Å². The Kier molecular flexibility index (Phi) is 5.03. The van der Waals surface area contributed by atoms with Crippen LogP contribution < -0.4 is 0 Å². The van der Waals surface area contributed by atoms with Crippen molar-refractivity contribution in [1.82, 2.24) is 4.90 Å². The van der Waals surface area contributed by atoms with Gasteiger partial charge in [-0.1, -0.05) is 19.4 Å². The molecule has 2 saturated carbocycles. The molecular formula is C16H27NO2. The zero-order valence-corrected chi connectivity index (χ0v) is 12.5. The maximum Gasteiger partial charge on any atom is 0.333 e. The van der Waals surface area contributed by atoms with E-state index in [1.165, 1.54) is 39.3 Å². The van der Waals surface area contributed by atoms with E-state index in [0.717, 1.165) is 36.3 Å². The van der Waals surface area contributed by atoms with Crippen molar-refractivity contribution in [2.45, 2.75) is 39.0 Å². The van der Waals surface area contributed by atoms with E-state index in [4.69, 9.17) is 4.74 Å². The van der Waals surface area contributed by atoms with Crippen LogP contribution in [0.5, 0.6) is 0 Å². The van der Waals surface area contributed by atoms with Gasteiger partial charge >= 0.3 is 5.97 Å². The number of nitrogens with zero attached hydrogens (tertiary/aromatic N) is 1. The van der Waals surface area contributed by atoms with Crippen molar-refractivity contribution < 1.29 is 9.53 Å². The summed E-state index contributed by atoms with van der Waals surface area (Å²) in [5.41, 5.74) is 0.794. The highest BCUT2D eigenvalue weighted by molar-refractivity contribution is 5.88. The molecule has 0 aromatic carbocycles. The highest BCUT2D eigenvalue weighted by Gasteiger charge is 2.39. The molecule has 3 nitrogen and oxygen atoms in total. The van der Waals surface area contributed by atoms with Crippen LogP contribution in [-0.4, -0.2) is 38.1 Å². The molecule has 2 rings (SSSR count). The first-order valence-electron chi connectivity index (χ1n) is 7.59. The van der Waals surface area contributed by atoms with Gasteiger partial charge in [0.15, 0.2) is 0 Å². The van der Waals surface area contributed by atoms with Crippen LogP contribution in [0.1, 0.15) is 39.0 Å². The van der Waals surface area contributed by atoms with Crippen molar-refractivity contribution in [3.05, 3.63) is 11.6 Å². The maximum absolute atomic E-state index is 11.5. The first-order chi connectivity index (χ1) is 9.13. The van der Waals surface area contributed by atoms with E-state index >= 15 is 0 Å². The molecule has 0 amide bonds. The Balaban J connectivity index is 1.79. The molecule has 0 radical (unpaired) electrons. The average molecular weight is 265 g/mol. The molecular weight excluding hydrogens is 238 g/mol. The van der Waals surface area contributed by atoms with Crippen LogP contribution in [0.3, 0.4) is 0 Å². The molecule has 3 unspecified atom stereocenters. The van der Waals surface area contributed by atoms with Gasteiger partial charge in [0.25, 0.3) is 0 Å². The summed E-state index contributed by atoms with van der Waals surface area (Å²) >= 11 is 0. The van der Waals surface area contributed by atoms with Gasteiger partial charge in [-0.15, -0.1) is 0 Å². The SMILES string of the molecule is CCC(=CCN(C)CC1CC2CCC1C2)C(=O)OC. The zero-order chi connectivity index (χ0) is 13.8. The quantitative estimate of drug-likeness (QED) is 0.546. The van der Waals surface area contributed by atoms with Gasteiger partial charge in [0.1, 0.15) is 0 Å². The maximum atomic E-state index is 11.5. The van der Waals surface area contributed by atoms with Crippen LogP contribution in [0.2, 0.25) is 0 Å². The van der Waals surface area contributed by atoms with E-state index in [2.05, 4.69) is 11.9 Å². The van der Waals surface area contributed by atoms with E-state index in [0.29, 0.717) is 0 Å². The number of hydrogen-bond donors (Lipinski definition) is 0. The highest BCUT2D eigenvalue weighted by Crippen LogP contribution is 2.48. The van der Waals surface area contributed by atoms with Crippen LogP contribution in [0.15, 0.2) is 11.6 Å². The monoisotopic (exact) mass is 265 g/mol. The summed E-state index contributed by atoms with van der Waals surface area (Å²) in [6, 6.07) is 0. The lowest BCUT2D eigenvalue weighted by Gasteiger charge is -2.26. The number of carbonyl (C=O) groups excluding carboxylic acids is 1. The molecule has 0 aliphatic heterocycles. The summed E-state index contributed by atoms with van der Waals surface area (Å²) in [6.07, 6.45) is 8.58. The third-order valence-electron chi connectivity index (χ3n) is 4.91. The van der Waals surface area contributed by atoms with Gasteiger partial charge in [-0.2, -0.15) is 0 Å². The van der Waals surface area contributed by atoms with E-state index in [-0.39, 0.29) is 5.97 Å². The number of ether oxygens (including phenoxy) is 1. The van der Waals surface area contributed by atoms with Crippen LogP contribution in [0, 0.1) is 17.8 Å². The largest absolute Gasteiger partial charge is 0.466 e. The minimum atomic E-state index is -0.184. The average Bonchev–Trinajstić information content (AvgIpc) is 3.01. The van der Waals surface area contributed by atoms with Crippen LogP contribution in [0.4, 0.5) is 0 Å². The zero-order valence-electron chi connectivity index (χ0n) is 12.5. The van der Waals surface area contributed by atoms with Crippen molar-refractivity contribution in [3.63, 3.8) is 0 Å². The van der Waals surface area contributed by atoms with Gasteiger partial charge in [-0.05, 0) is 50.5 Å². The van der Waals surface area contributed by atoms with E-state index in [9.17, 15) is 4.79 Å². The fraction of sp³-hybridized carbons (Fsp3) is 0.812. The summed E-state index contributed by atoms with van der Waals surface area (Å²) < 4.78 is 4.78. The Bertz CT molecular complexity index is 351. The third-order valence-corrected chi connectivity index (χ3v) is 4.91. The van der Waals surface area contributed by atoms with E-state index in [1.807, 2.05) is 13.0 Å². The van der Waals surface area contributed by atoms with Crippen LogP contribution in [-0.2, 0) is 9.53 Å². The smallest absolute Gasteiger partial charge is 0.333 e. The predicted molar refractivity (Wildman–Crippen MR) is 76.8 cm³/mol. The van der Waals surface area contributed by atoms with Crippen molar-refractivity contribution in [2.24, 2.45) is 17.8 Å². The number of hydrogen-bond acceptors (Lipinski definition) is 3. The summed E-state index contributed by atoms with van der Waals surface area (Å²) in [5, 5.41) is 0. The molecule has 2 aliphatic rings. The van der Waals surface area contributed by atoms with Gasteiger partial charge in [0.2, 0.25) is 0 Å². The van der Waals surface area contributed by atoms with Gasteiger partial charge in [-0.3, -0.25) is 0 Å². The molecule has 0 N–H and O–H groups in total. The number of esters is 1. The lowest BCUT2D eigenvalue weighted by molar-refractivity contribution is -0.136. The number of likely N-dealkylation sites (N-methyl/N-ethyl adjacent to an activating group) is 1. The Morgan fingerprint density at radius 3 is 2.68 bits per heavy atom. The molecule has 0 saturated heterocycles. The second kappa shape index (κ2) is 6.56. The molecule has 0 heterocycles. The predicted octanol–water partition coefficient (Wildman–Crippen LogP) is 2.86. The molecule has 3 heteroatoms. The Hall–Kier alpha value is -0.830. The minimum Gasteiger partial charge on any atom is -0.466 e. The minimum absolute atomic E-state index is 0.184. The lowest BCUT2D eigenvalue weighted by atomic mass is 9.88. The van der Waals surface area contributed by atoms with Crippen molar-refractivity contribution in [1.29, 1.82) is 0 Å². The van der Waals surface area contributed by atoms with Crippen molar-refractivity contribution in [2.75, 3.05) is 27.2 Å². The van der Waals surface area contributed by atoms with Gasteiger partial charge in [-0.25, -0.2) is 4.79 Å².